The number of hydrogen-bond acceptors (Lipinski definition) is 6. The van der Waals surface area contributed by atoms with Gasteiger partial charge >= 0.3 is 0 Å². The molecule has 3 N–H and O–H groups in total. The quantitative estimate of drug-likeness (QED) is 0.639. The monoisotopic (exact) mass is 368 g/mol. The van der Waals surface area contributed by atoms with Crippen molar-refractivity contribution in [2.24, 2.45) is 0 Å². The maximum absolute atomic E-state index is 9.69. The molecule has 136 valence electrons. The first-order valence-corrected chi connectivity index (χ1v) is 9.45. The van der Waals surface area contributed by atoms with Crippen molar-refractivity contribution >= 4 is 23.5 Å². The van der Waals surface area contributed by atoms with Gasteiger partial charge in [0.15, 0.2) is 0 Å². The molecule has 2 heterocycles. The van der Waals surface area contributed by atoms with Gasteiger partial charge in [0.25, 0.3) is 0 Å². The van der Waals surface area contributed by atoms with E-state index in [0.29, 0.717) is 5.82 Å². The Hall–Kier alpha value is -2.20. The lowest BCUT2D eigenvalue weighted by molar-refractivity contribution is 0.199. The van der Waals surface area contributed by atoms with E-state index in [4.69, 9.17) is 5.73 Å². The van der Waals surface area contributed by atoms with E-state index in [2.05, 4.69) is 38.2 Å². The summed E-state index contributed by atoms with van der Waals surface area (Å²) in [6, 6.07) is 12.0. The molecule has 1 fully saturated rings. The number of nitrogens with zero attached hydrogens (tertiary/aromatic N) is 3. The van der Waals surface area contributed by atoms with Crippen LogP contribution in [0.4, 0.5) is 11.5 Å². The molecule has 6 heteroatoms. The van der Waals surface area contributed by atoms with Crippen LogP contribution in [-0.4, -0.2) is 40.1 Å². The summed E-state index contributed by atoms with van der Waals surface area (Å²) in [6.07, 6.45) is 1.36. The molecule has 0 radical (unpaired) electrons. The largest absolute Gasteiger partial charge is 0.389 e. The lowest BCUT2D eigenvalue weighted by atomic mass is 10.1. The van der Waals surface area contributed by atoms with Gasteiger partial charge in [-0.3, -0.25) is 0 Å². The van der Waals surface area contributed by atoms with Gasteiger partial charge < -0.3 is 15.7 Å². The number of hydrogen-bond donors (Lipinski definition) is 2. The zero-order valence-corrected chi connectivity index (χ0v) is 15.9. The maximum atomic E-state index is 9.69. The van der Waals surface area contributed by atoms with Gasteiger partial charge in [-0.15, -0.1) is 5.92 Å². The summed E-state index contributed by atoms with van der Waals surface area (Å²) in [5.74, 6) is 6.93. The minimum absolute atomic E-state index is 0.125. The highest BCUT2D eigenvalue weighted by atomic mass is 32.2. The fourth-order valence-electron chi connectivity index (χ4n) is 2.98. The fourth-order valence-corrected chi connectivity index (χ4v) is 3.89. The fraction of sp³-hybridized carbons (Fsp3) is 0.350. The van der Waals surface area contributed by atoms with E-state index in [1.807, 2.05) is 37.4 Å². The number of pyridine rings is 1. The normalized spacial score (nSPS) is 18.9. The molecule has 2 aromatic rings. The Morgan fingerprint density at radius 1 is 1.23 bits per heavy atom. The molecular weight excluding hydrogens is 344 g/mol. The molecule has 0 saturated carbocycles. The average Bonchev–Trinajstić information content (AvgIpc) is 2.64. The zero-order valence-electron chi connectivity index (χ0n) is 15.1. The highest BCUT2D eigenvalue weighted by Gasteiger charge is 2.26. The molecule has 1 aliphatic heterocycles. The molecule has 0 bridgehead atoms. The molecule has 1 aromatic heterocycles. The summed E-state index contributed by atoms with van der Waals surface area (Å²) in [5.41, 5.74) is 7.73. The van der Waals surface area contributed by atoms with Crippen LogP contribution in [0.3, 0.4) is 0 Å². The van der Waals surface area contributed by atoms with Crippen molar-refractivity contribution in [3.05, 3.63) is 48.2 Å². The summed E-state index contributed by atoms with van der Waals surface area (Å²) in [7, 11) is 0. The number of nitrogen functional groups attached to an aromatic ring is 1. The highest BCUT2D eigenvalue weighted by Crippen LogP contribution is 2.28. The van der Waals surface area contributed by atoms with Gasteiger partial charge in [0.2, 0.25) is 0 Å². The van der Waals surface area contributed by atoms with Gasteiger partial charge in [0, 0.05) is 36.4 Å². The van der Waals surface area contributed by atoms with E-state index >= 15 is 0 Å². The number of aromatic nitrogens is 1. The van der Waals surface area contributed by atoms with Crippen LogP contribution >= 0.6 is 11.9 Å². The van der Waals surface area contributed by atoms with Crippen LogP contribution in [0.1, 0.15) is 25.5 Å². The summed E-state index contributed by atoms with van der Waals surface area (Å²) >= 11 is 1.69. The summed E-state index contributed by atoms with van der Waals surface area (Å²) < 4.78 is 2.32. The number of anilines is 2. The Morgan fingerprint density at radius 3 is 2.62 bits per heavy atom. The Morgan fingerprint density at radius 2 is 2.00 bits per heavy atom. The molecule has 0 aliphatic carbocycles. The van der Waals surface area contributed by atoms with Crippen molar-refractivity contribution in [1.29, 1.82) is 0 Å². The van der Waals surface area contributed by atoms with Crippen molar-refractivity contribution in [2.75, 3.05) is 30.3 Å². The second-order valence-electron chi connectivity index (χ2n) is 6.27. The van der Waals surface area contributed by atoms with Crippen molar-refractivity contribution in [2.45, 2.75) is 30.9 Å². The molecule has 0 amide bonds. The standard InChI is InChI=1S/C20H24N4OS/c1-3-4-18-14-23(26-19-9-10-20(21)22-13-19)11-12-24(18)17-7-5-16(6-8-17)15(2)25/h5-10,13,15,18,25H,11-12,14H2,1-2H3,(H2,21,22)/t15?,18-/m1/s1. The van der Waals surface area contributed by atoms with Gasteiger partial charge in [-0.25, -0.2) is 9.29 Å². The average molecular weight is 369 g/mol. The van der Waals surface area contributed by atoms with Crippen molar-refractivity contribution in [3.8, 4) is 11.8 Å². The van der Waals surface area contributed by atoms with E-state index in [9.17, 15) is 5.11 Å². The molecule has 1 unspecified atom stereocenters. The minimum Gasteiger partial charge on any atom is -0.389 e. The Labute approximate surface area is 159 Å². The third kappa shape index (κ3) is 4.50. The maximum Gasteiger partial charge on any atom is 0.123 e. The number of rotatable bonds is 4. The van der Waals surface area contributed by atoms with E-state index in [-0.39, 0.29) is 6.04 Å². The Kier molecular flexibility index (Phi) is 6.04. The van der Waals surface area contributed by atoms with Gasteiger partial charge in [0.05, 0.1) is 6.10 Å². The molecule has 3 rings (SSSR count). The number of aliphatic hydroxyl groups is 1. The molecule has 2 atom stereocenters. The summed E-state index contributed by atoms with van der Waals surface area (Å²) in [4.78, 5) is 7.57. The van der Waals surface area contributed by atoms with Crippen LogP contribution in [0, 0.1) is 11.8 Å². The van der Waals surface area contributed by atoms with Gasteiger partial charge in [-0.2, -0.15) is 0 Å². The summed E-state index contributed by atoms with van der Waals surface area (Å²) in [6.45, 7) is 6.32. The van der Waals surface area contributed by atoms with Gasteiger partial charge in [-0.05, 0) is 55.6 Å². The second kappa shape index (κ2) is 8.45. The molecular formula is C20H24N4OS. The predicted octanol–water partition coefficient (Wildman–Crippen LogP) is 2.94. The van der Waals surface area contributed by atoms with Crippen LogP contribution in [0.2, 0.25) is 0 Å². The lowest BCUT2D eigenvalue weighted by Gasteiger charge is -2.40. The topological polar surface area (TPSA) is 65.6 Å². The third-order valence-electron chi connectivity index (χ3n) is 4.35. The zero-order chi connectivity index (χ0) is 18.5. The Bertz CT molecular complexity index is 780. The number of nitrogens with two attached hydrogens (primary N) is 1. The highest BCUT2D eigenvalue weighted by molar-refractivity contribution is 7.97. The van der Waals surface area contributed by atoms with Crippen LogP contribution in [0.25, 0.3) is 0 Å². The molecule has 26 heavy (non-hydrogen) atoms. The first-order chi connectivity index (χ1) is 12.6. The first-order valence-electron chi connectivity index (χ1n) is 8.68. The molecule has 1 aromatic carbocycles. The van der Waals surface area contributed by atoms with Crippen LogP contribution in [0.5, 0.6) is 0 Å². The SMILES string of the molecule is CC#C[C@@H]1CN(Sc2ccc(N)nc2)CCN1c1ccc(C(C)O)cc1. The van der Waals surface area contributed by atoms with Crippen molar-refractivity contribution in [1.82, 2.24) is 9.29 Å². The van der Waals surface area contributed by atoms with Crippen molar-refractivity contribution in [3.63, 3.8) is 0 Å². The molecule has 5 nitrogen and oxygen atoms in total. The van der Waals surface area contributed by atoms with E-state index in [1.165, 1.54) is 0 Å². The van der Waals surface area contributed by atoms with Gasteiger partial charge in [-0.1, -0.05) is 18.1 Å². The third-order valence-corrected chi connectivity index (χ3v) is 5.40. The van der Waals surface area contributed by atoms with E-state index in [1.54, 1.807) is 18.9 Å². The molecule has 1 saturated heterocycles. The summed E-state index contributed by atoms with van der Waals surface area (Å²) in [5, 5.41) is 9.69. The van der Waals surface area contributed by atoms with Gasteiger partial charge in [0.1, 0.15) is 11.9 Å². The lowest BCUT2D eigenvalue weighted by Crippen LogP contribution is -2.50. The van der Waals surface area contributed by atoms with Crippen LogP contribution < -0.4 is 10.6 Å². The first kappa shape index (κ1) is 18.6. The van der Waals surface area contributed by atoms with Crippen molar-refractivity contribution < 1.29 is 5.11 Å². The van der Waals surface area contributed by atoms with E-state index in [0.717, 1.165) is 35.8 Å². The molecule has 0 spiro atoms. The molecule has 1 aliphatic rings. The van der Waals surface area contributed by atoms with Crippen LogP contribution in [-0.2, 0) is 0 Å². The minimum atomic E-state index is -0.447. The number of aliphatic hydroxyl groups excluding tert-OH is 1. The number of benzene rings is 1. The second-order valence-corrected chi connectivity index (χ2v) is 7.44. The van der Waals surface area contributed by atoms with E-state index < -0.39 is 6.10 Å². The predicted molar refractivity (Wildman–Crippen MR) is 108 cm³/mol. The smallest absolute Gasteiger partial charge is 0.123 e. The Balaban J connectivity index is 1.71. The van der Waals surface area contributed by atoms with Crippen LogP contribution in [0.15, 0.2) is 47.5 Å². The number of piperazine rings is 1.